The molecule has 0 bridgehead atoms. The van der Waals surface area contributed by atoms with Crippen molar-refractivity contribution in [3.63, 3.8) is 0 Å². The topological polar surface area (TPSA) is 51.0 Å². The number of anilines is 1. The molecular formula is C19H17ClN4O. The molecule has 2 heterocycles. The van der Waals surface area contributed by atoms with E-state index in [0.717, 1.165) is 6.42 Å². The smallest absolute Gasteiger partial charge is 0.260 e. The third kappa shape index (κ3) is 2.81. The van der Waals surface area contributed by atoms with Gasteiger partial charge in [0, 0.05) is 16.6 Å². The highest BCUT2D eigenvalue weighted by Gasteiger charge is 2.36. The van der Waals surface area contributed by atoms with Crippen molar-refractivity contribution in [2.75, 3.05) is 4.90 Å². The van der Waals surface area contributed by atoms with Gasteiger partial charge in [-0.15, -0.1) is 0 Å². The van der Waals surface area contributed by atoms with E-state index in [9.17, 15) is 4.79 Å². The fraction of sp³-hybridized carbons (Fsp3) is 0.211. The summed E-state index contributed by atoms with van der Waals surface area (Å²) in [5.41, 5.74) is 1.75. The molecule has 0 saturated heterocycles. The number of benzene rings is 2. The minimum Gasteiger partial charge on any atom is -0.274 e. The summed E-state index contributed by atoms with van der Waals surface area (Å²) in [7, 11) is 0. The number of hydrogen-bond donors (Lipinski definition) is 0. The van der Waals surface area contributed by atoms with Gasteiger partial charge in [0.25, 0.3) is 5.91 Å². The zero-order valence-corrected chi connectivity index (χ0v) is 14.5. The van der Waals surface area contributed by atoms with Gasteiger partial charge in [0.15, 0.2) is 0 Å². The van der Waals surface area contributed by atoms with Crippen LogP contribution in [-0.2, 0) is 0 Å². The lowest BCUT2D eigenvalue weighted by Crippen LogP contribution is -2.46. The highest BCUT2D eigenvalue weighted by Crippen LogP contribution is 2.35. The Bertz CT molecular complexity index is 891. The van der Waals surface area contributed by atoms with E-state index in [4.69, 9.17) is 11.6 Å². The van der Waals surface area contributed by atoms with Crippen LogP contribution in [0.4, 0.5) is 5.95 Å². The summed E-state index contributed by atoms with van der Waals surface area (Å²) in [6.07, 6.45) is 2.28. The van der Waals surface area contributed by atoms with Crippen molar-refractivity contribution in [2.24, 2.45) is 0 Å². The number of rotatable bonds is 2. The fourth-order valence-corrected chi connectivity index (χ4v) is 3.46. The minimum absolute atomic E-state index is 0.00471. The quantitative estimate of drug-likeness (QED) is 0.701. The maximum absolute atomic E-state index is 13.0. The molecule has 1 aliphatic heterocycles. The van der Waals surface area contributed by atoms with Crippen LogP contribution >= 0.6 is 11.6 Å². The molecule has 1 aliphatic rings. The van der Waals surface area contributed by atoms with E-state index in [2.05, 4.69) is 22.2 Å². The molecule has 5 nitrogen and oxygen atoms in total. The Balaban J connectivity index is 1.73. The largest absolute Gasteiger partial charge is 0.274 e. The van der Waals surface area contributed by atoms with Crippen LogP contribution in [-0.4, -0.2) is 26.7 Å². The van der Waals surface area contributed by atoms with Gasteiger partial charge in [0.05, 0.1) is 6.04 Å². The Morgan fingerprint density at radius 2 is 1.84 bits per heavy atom. The maximum atomic E-state index is 13.0. The van der Waals surface area contributed by atoms with E-state index in [1.807, 2.05) is 29.8 Å². The number of hydrogen-bond acceptors (Lipinski definition) is 3. The first-order valence-corrected chi connectivity index (χ1v) is 8.56. The second-order valence-electron chi connectivity index (χ2n) is 6.20. The van der Waals surface area contributed by atoms with Crippen molar-refractivity contribution in [1.29, 1.82) is 0 Å². The molecule has 2 atom stereocenters. The van der Waals surface area contributed by atoms with Crippen LogP contribution < -0.4 is 4.90 Å². The third-order valence-electron chi connectivity index (χ3n) is 4.56. The molecule has 0 fully saturated rings. The first-order valence-electron chi connectivity index (χ1n) is 8.18. The number of amides is 1. The lowest BCUT2D eigenvalue weighted by molar-refractivity contribution is 0.0966. The van der Waals surface area contributed by atoms with Crippen molar-refractivity contribution in [2.45, 2.75) is 25.4 Å². The molecule has 0 spiro atoms. The average molecular weight is 353 g/mol. The molecule has 0 saturated carbocycles. The van der Waals surface area contributed by atoms with Crippen LogP contribution in [0, 0.1) is 0 Å². The molecule has 0 radical (unpaired) electrons. The monoisotopic (exact) mass is 352 g/mol. The zero-order chi connectivity index (χ0) is 17.4. The molecule has 0 aliphatic carbocycles. The van der Waals surface area contributed by atoms with Crippen LogP contribution in [0.25, 0.3) is 0 Å². The number of halogens is 1. The lowest BCUT2D eigenvalue weighted by atomic mass is 9.97. The van der Waals surface area contributed by atoms with E-state index in [-0.39, 0.29) is 18.0 Å². The Morgan fingerprint density at radius 1 is 1.12 bits per heavy atom. The van der Waals surface area contributed by atoms with Crippen LogP contribution in [0.2, 0.25) is 5.02 Å². The van der Waals surface area contributed by atoms with Crippen molar-refractivity contribution in [3.8, 4) is 0 Å². The first kappa shape index (κ1) is 15.8. The predicted octanol–water partition coefficient (Wildman–Crippen LogP) is 3.96. The Labute approximate surface area is 150 Å². The standard InChI is InChI=1S/C19H17ClN4O/c1-13-11-17(14-5-3-2-4-6-14)24-19(21-12-22-24)23(13)18(25)15-7-9-16(20)10-8-15/h2-10,12-13,17H,11H2,1H3/t13-,17+/m0/s1. The number of fused-ring (bicyclic) bond motifs is 1. The van der Waals surface area contributed by atoms with Crippen LogP contribution in [0.1, 0.15) is 35.3 Å². The fourth-order valence-electron chi connectivity index (χ4n) is 3.34. The van der Waals surface area contributed by atoms with Gasteiger partial charge >= 0.3 is 0 Å². The van der Waals surface area contributed by atoms with Gasteiger partial charge in [-0.05, 0) is 43.2 Å². The molecule has 1 amide bonds. The van der Waals surface area contributed by atoms with Gasteiger partial charge in [-0.2, -0.15) is 10.1 Å². The highest BCUT2D eigenvalue weighted by atomic mass is 35.5. The van der Waals surface area contributed by atoms with Gasteiger partial charge < -0.3 is 0 Å². The lowest BCUT2D eigenvalue weighted by Gasteiger charge is -2.37. The van der Waals surface area contributed by atoms with Gasteiger partial charge in [0.2, 0.25) is 5.95 Å². The maximum Gasteiger partial charge on any atom is 0.260 e. The van der Waals surface area contributed by atoms with Gasteiger partial charge in [-0.3, -0.25) is 9.69 Å². The van der Waals surface area contributed by atoms with Crippen molar-refractivity contribution >= 4 is 23.5 Å². The predicted molar refractivity (Wildman–Crippen MR) is 96.9 cm³/mol. The van der Waals surface area contributed by atoms with E-state index in [0.29, 0.717) is 16.5 Å². The minimum atomic E-state index is -0.0927. The molecule has 25 heavy (non-hydrogen) atoms. The van der Waals surface area contributed by atoms with Crippen molar-refractivity contribution in [3.05, 3.63) is 77.1 Å². The summed E-state index contributed by atoms with van der Waals surface area (Å²) in [5, 5.41) is 4.99. The second kappa shape index (κ2) is 6.33. The summed E-state index contributed by atoms with van der Waals surface area (Å²) < 4.78 is 1.84. The number of carbonyl (C=O) groups is 1. The van der Waals surface area contributed by atoms with Crippen molar-refractivity contribution in [1.82, 2.24) is 14.8 Å². The third-order valence-corrected chi connectivity index (χ3v) is 4.82. The second-order valence-corrected chi connectivity index (χ2v) is 6.63. The van der Waals surface area contributed by atoms with Crippen LogP contribution in [0.15, 0.2) is 60.9 Å². The van der Waals surface area contributed by atoms with Crippen LogP contribution in [0.3, 0.4) is 0 Å². The average Bonchev–Trinajstić information content (AvgIpc) is 3.11. The number of nitrogens with zero attached hydrogens (tertiary/aromatic N) is 4. The summed E-state index contributed by atoms with van der Waals surface area (Å²) in [6, 6.07) is 17.2. The van der Waals surface area contributed by atoms with Gasteiger partial charge in [0.1, 0.15) is 6.33 Å². The normalized spacial score (nSPS) is 19.5. The highest BCUT2D eigenvalue weighted by molar-refractivity contribution is 6.30. The molecule has 0 N–H and O–H groups in total. The Hall–Kier alpha value is -2.66. The number of aromatic nitrogens is 3. The first-order chi connectivity index (χ1) is 12.1. The molecular weight excluding hydrogens is 336 g/mol. The summed E-state index contributed by atoms with van der Waals surface area (Å²) in [4.78, 5) is 19.1. The number of carbonyl (C=O) groups excluding carboxylic acids is 1. The molecule has 3 aromatic rings. The van der Waals surface area contributed by atoms with Crippen molar-refractivity contribution < 1.29 is 4.79 Å². The summed E-state index contributed by atoms with van der Waals surface area (Å²) in [6.45, 7) is 2.04. The van der Waals surface area contributed by atoms with E-state index in [1.54, 1.807) is 29.2 Å². The zero-order valence-electron chi connectivity index (χ0n) is 13.7. The van der Waals surface area contributed by atoms with Gasteiger partial charge in [-0.25, -0.2) is 4.68 Å². The molecule has 6 heteroatoms. The van der Waals surface area contributed by atoms with Crippen LogP contribution in [0.5, 0.6) is 0 Å². The molecule has 1 aromatic heterocycles. The molecule has 4 rings (SSSR count). The summed E-state index contributed by atoms with van der Waals surface area (Å²) in [5.74, 6) is 0.484. The Morgan fingerprint density at radius 3 is 2.56 bits per heavy atom. The molecule has 2 aromatic carbocycles. The summed E-state index contributed by atoms with van der Waals surface area (Å²) >= 11 is 5.93. The van der Waals surface area contributed by atoms with E-state index in [1.165, 1.54) is 11.9 Å². The SMILES string of the molecule is C[C@H]1C[C@H](c2ccccc2)n2ncnc2N1C(=O)c1ccc(Cl)cc1. The molecule has 126 valence electrons. The Kier molecular flexibility index (Phi) is 4.01. The van der Waals surface area contributed by atoms with E-state index >= 15 is 0 Å². The van der Waals surface area contributed by atoms with E-state index < -0.39 is 0 Å². The van der Waals surface area contributed by atoms with Gasteiger partial charge in [-0.1, -0.05) is 41.9 Å². The molecule has 0 unspecified atom stereocenters.